The van der Waals surface area contributed by atoms with Gasteiger partial charge in [0.2, 0.25) is 6.41 Å². The van der Waals surface area contributed by atoms with Crippen LogP contribution < -0.4 is 5.32 Å². The molecule has 2 N–H and O–H groups in total. The van der Waals surface area contributed by atoms with E-state index in [-0.39, 0.29) is 6.04 Å². The first-order valence-corrected chi connectivity index (χ1v) is 4.55. The summed E-state index contributed by atoms with van der Waals surface area (Å²) in [7, 11) is 0. The van der Waals surface area contributed by atoms with E-state index in [9.17, 15) is 9.90 Å². The number of nitrogens with one attached hydrogen (secondary N) is 1. The molecule has 3 nitrogen and oxygen atoms in total. The van der Waals surface area contributed by atoms with E-state index < -0.39 is 6.10 Å². The Morgan fingerprint density at radius 2 is 2.50 bits per heavy atom. The van der Waals surface area contributed by atoms with Gasteiger partial charge >= 0.3 is 0 Å². The van der Waals surface area contributed by atoms with Crippen LogP contribution in [0.1, 0.15) is 17.9 Å². The van der Waals surface area contributed by atoms with E-state index in [1.807, 2.05) is 17.5 Å². The zero-order valence-electron chi connectivity index (χ0n) is 6.73. The van der Waals surface area contributed by atoms with Crippen LogP contribution in [-0.4, -0.2) is 17.6 Å². The van der Waals surface area contributed by atoms with Crippen molar-refractivity contribution in [1.29, 1.82) is 0 Å². The molecular weight excluding hydrogens is 174 g/mol. The molecule has 2 atom stereocenters. The molecule has 0 spiro atoms. The standard InChI is InChI=1S/C8H11NO2S/c1-6(9-5-10)8(11)7-3-2-4-12-7/h2-6,8,11H,1H3,(H,9,10)/t6-,8-/m1/s1. The van der Waals surface area contributed by atoms with E-state index in [2.05, 4.69) is 5.32 Å². The molecule has 1 heterocycles. The first-order chi connectivity index (χ1) is 5.75. The number of rotatable bonds is 4. The molecule has 1 amide bonds. The molecule has 4 heteroatoms. The Hall–Kier alpha value is -0.870. The maximum atomic E-state index is 10.1. The van der Waals surface area contributed by atoms with Crippen molar-refractivity contribution in [3.63, 3.8) is 0 Å². The van der Waals surface area contributed by atoms with Gasteiger partial charge in [-0.25, -0.2) is 0 Å². The molecular formula is C8H11NO2S. The fourth-order valence-corrected chi connectivity index (χ4v) is 1.72. The van der Waals surface area contributed by atoms with Crippen LogP contribution in [0.3, 0.4) is 0 Å². The van der Waals surface area contributed by atoms with Crippen molar-refractivity contribution in [2.45, 2.75) is 19.1 Å². The Morgan fingerprint density at radius 1 is 1.75 bits per heavy atom. The van der Waals surface area contributed by atoms with Gasteiger partial charge in [0.05, 0.1) is 6.04 Å². The van der Waals surface area contributed by atoms with Crippen molar-refractivity contribution < 1.29 is 9.90 Å². The number of thiophene rings is 1. The van der Waals surface area contributed by atoms with Crippen LogP contribution in [0, 0.1) is 0 Å². The van der Waals surface area contributed by atoms with E-state index in [4.69, 9.17) is 0 Å². The number of carbonyl (C=O) groups is 1. The summed E-state index contributed by atoms with van der Waals surface area (Å²) in [6.45, 7) is 1.76. The van der Waals surface area contributed by atoms with Crippen LogP contribution in [0.2, 0.25) is 0 Å². The third kappa shape index (κ3) is 2.06. The molecule has 0 saturated heterocycles. The molecule has 66 valence electrons. The van der Waals surface area contributed by atoms with E-state index >= 15 is 0 Å². The number of aliphatic hydroxyl groups excluding tert-OH is 1. The minimum absolute atomic E-state index is 0.235. The quantitative estimate of drug-likeness (QED) is 0.685. The van der Waals surface area contributed by atoms with Crippen molar-refractivity contribution in [2.24, 2.45) is 0 Å². The number of aliphatic hydroxyl groups is 1. The molecule has 0 aliphatic heterocycles. The molecule has 0 saturated carbocycles. The molecule has 0 unspecified atom stereocenters. The summed E-state index contributed by atoms with van der Waals surface area (Å²) in [4.78, 5) is 10.9. The lowest BCUT2D eigenvalue weighted by atomic mass is 10.1. The highest BCUT2D eigenvalue weighted by Crippen LogP contribution is 2.21. The van der Waals surface area contributed by atoms with Crippen LogP contribution in [0.15, 0.2) is 17.5 Å². The molecule has 1 aromatic heterocycles. The van der Waals surface area contributed by atoms with E-state index in [0.717, 1.165) is 4.88 Å². The highest BCUT2D eigenvalue weighted by molar-refractivity contribution is 7.10. The van der Waals surface area contributed by atoms with Gasteiger partial charge < -0.3 is 10.4 Å². The summed E-state index contributed by atoms with van der Waals surface area (Å²) in [6, 6.07) is 3.48. The first kappa shape index (κ1) is 9.22. The monoisotopic (exact) mass is 185 g/mol. The van der Waals surface area contributed by atoms with E-state index in [1.54, 1.807) is 6.92 Å². The highest BCUT2D eigenvalue weighted by Gasteiger charge is 2.15. The van der Waals surface area contributed by atoms with Crippen molar-refractivity contribution in [2.75, 3.05) is 0 Å². The average molecular weight is 185 g/mol. The number of hydrogen-bond donors (Lipinski definition) is 2. The van der Waals surface area contributed by atoms with Crippen LogP contribution in [0.25, 0.3) is 0 Å². The maximum absolute atomic E-state index is 10.1. The summed E-state index contributed by atoms with van der Waals surface area (Å²) >= 11 is 1.48. The molecule has 0 radical (unpaired) electrons. The second kappa shape index (κ2) is 4.23. The second-order valence-corrected chi connectivity index (χ2v) is 3.51. The van der Waals surface area contributed by atoms with Gasteiger partial charge in [-0.1, -0.05) is 6.07 Å². The topological polar surface area (TPSA) is 49.3 Å². The lowest BCUT2D eigenvalue weighted by molar-refractivity contribution is -0.110. The van der Waals surface area contributed by atoms with Gasteiger partial charge in [-0.3, -0.25) is 4.79 Å². The Balaban J connectivity index is 2.58. The smallest absolute Gasteiger partial charge is 0.207 e. The zero-order valence-corrected chi connectivity index (χ0v) is 7.54. The predicted molar refractivity (Wildman–Crippen MR) is 47.9 cm³/mol. The molecule has 0 fully saturated rings. The summed E-state index contributed by atoms with van der Waals surface area (Å²) < 4.78 is 0. The summed E-state index contributed by atoms with van der Waals surface area (Å²) in [5.41, 5.74) is 0. The average Bonchev–Trinajstić information content (AvgIpc) is 2.55. The van der Waals surface area contributed by atoms with Gasteiger partial charge in [0, 0.05) is 4.88 Å². The van der Waals surface area contributed by atoms with Crippen LogP contribution in [0.4, 0.5) is 0 Å². The van der Waals surface area contributed by atoms with Crippen molar-refractivity contribution >= 4 is 17.7 Å². The Labute approximate surface area is 75.0 Å². The van der Waals surface area contributed by atoms with Crippen molar-refractivity contribution in [3.05, 3.63) is 22.4 Å². The van der Waals surface area contributed by atoms with Crippen molar-refractivity contribution in [3.8, 4) is 0 Å². The van der Waals surface area contributed by atoms with Gasteiger partial charge in [-0.2, -0.15) is 0 Å². The highest BCUT2D eigenvalue weighted by atomic mass is 32.1. The Kier molecular flexibility index (Phi) is 3.25. The minimum Gasteiger partial charge on any atom is -0.385 e. The van der Waals surface area contributed by atoms with E-state index in [1.165, 1.54) is 11.3 Å². The molecule has 12 heavy (non-hydrogen) atoms. The first-order valence-electron chi connectivity index (χ1n) is 3.67. The summed E-state index contributed by atoms with van der Waals surface area (Å²) in [5.74, 6) is 0. The van der Waals surface area contributed by atoms with Crippen LogP contribution in [0.5, 0.6) is 0 Å². The fraction of sp³-hybridized carbons (Fsp3) is 0.375. The lowest BCUT2D eigenvalue weighted by Gasteiger charge is -2.15. The van der Waals surface area contributed by atoms with Gasteiger partial charge in [0.15, 0.2) is 0 Å². The summed E-state index contributed by atoms with van der Waals surface area (Å²) in [6.07, 6.45) is -0.00296. The Bertz CT molecular complexity index is 235. The van der Waals surface area contributed by atoms with E-state index in [0.29, 0.717) is 6.41 Å². The molecule has 0 aliphatic rings. The number of amides is 1. The van der Waals surface area contributed by atoms with Crippen molar-refractivity contribution in [1.82, 2.24) is 5.32 Å². The number of hydrogen-bond acceptors (Lipinski definition) is 3. The lowest BCUT2D eigenvalue weighted by Crippen LogP contribution is -2.30. The molecule has 0 aromatic carbocycles. The largest absolute Gasteiger partial charge is 0.385 e. The SMILES string of the molecule is C[C@@H](NC=O)[C@@H](O)c1cccs1. The van der Waals surface area contributed by atoms with Gasteiger partial charge in [0.25, 0.3) is 0 Å². The number of carbonyl (C=O) groups excluding carboxylic acids is 1. The second-order valence-electron chi connectivity index (χ2n) is 2.53. The third-order valence-corrected chi connectivity index (χ3v) is 2.58. The molecule has 0 aliphatic carbocycles. The van der Waals surface area contributed by atoms with Gasteiger partial charge in [-0.15, -0.1) is 11.3 Å². The summed E-state index contributed by atoms with van der Waals surface area (Å²) in [5, 5.41) is 14.0. The van der Waals surface area contributed by atoms with Crippen LogP contribution >= 0.6 is 11.3 Å². The zero-order chi connectivity index (χ0) is 8.97. The van der Waals surface area contributed by atoms with Crippen LogP contribution in [-0.2, 0) is 4.79 Å². The third-order valence-electron chi connectivity index (χ3n) is 1.64. The minimum atomic E-state index is -0.602. The van der Waals surface area contributed by atoms with Gasteiger partial charge in [0.1, 0.15) is 6.10 Å². The predicted octanol–water partition coefficient (Wildman–Crippen LogP) is 0.916. The molecule has 1 rings (SSSR count). The van der Waals surface area contributed by atoms with Gasteiger partial charge in [-0.05, 0) is 18.4 Å². The normalized spacial score (nSPS) is 15.2. The maximum Gasteiger partial charge on any atom is 0.207 e. The Morgan fingerprint density at radius 3 is 3.00 bits per heavy atom. The molecule has 1 aromatic rings. The molecule has 0 bridgehead atoms. The fourth-order valence-electron chi connectivity index (χ4n) is 0.904.